The van der Waals surface area contributed by atoms with Crippen molar-refractivity contribution in [3.63, 3.8) is 0 Å². The summed E-state index contributed by atoms with van der Waals surface area (Å²) in [5.74, 6) is 0. The molecule has 4 rings (SSSR count). The zero-order valence-corrected chi connectivity index (χ0v) is 10.3. The quantitative estimate of drug-likeness (QED) is 0.455. The molecule has 0 aliphatic heterocycles. The average Bonchev–Trinajstić information content (AvgIpc) is 2.86. The van der Waals surface area contributed by atoms with Gasteiger partial charge in [-0.25, -0.2) is 0 Å². The third-order valence-electron chi connectivity index (χ3n) is 3.42. The molecule has 0 aliphatic carbocycles. The van der Waals surface area contributed by atoms with E-state index in [4.69, 9.17) is 4.42 Å². The molecule has 0 saturated heterocycles. The lowest BCUT2D eigenvalue weighted by Gasteiger charge is -2.00. The van der Waals surface area contributed by atoms with Crippen LogP contribution in [0, 0.1) is 6.07 Å². The van der Waals surface area contributed by atoms with Crippen molar-refractivity contribution < 1.29 is 4.42 Å². The van der Waals surface area contributed by atoms with Gasteiger partial charge in [-0.05, 0) is 41.5 Å². The molecule has 0 aliphatic rings. The molecule has 19 heavy (non-hydrogen) atoms. The Morgan fingerprint density at radius 1 is 0.737 bits per heavy atom. The molecule has 0 saturated carbocycles. The van der Waals surface area contributed by atoms with Gasteiger partial charge in [0, 0.05) is 10.8 Å². The molecule has 1 nitrogen and oxygen atoms in total. The topological polar surface area (TPSA) is 13.1 Å². The molecule has 89 valence electrons. The third kappa shape index (κ3) is 1.63. The molecular formula is C18H11O. The van der Waals surface area contributed by atoms with E-state index in [0.717, 1.165) is 21.9 Å². The maximum absolute atomic E-state index is 5.89. The van der Waals surface area contributed by atoms with Crippen molar-refractivity contribution in [1.82, 2.24) is 0 Å². The summed E-state index contributed by atoms with van der Waals surface area (Å²) in [4.78, 5) is 0. The highest BCUT2D eigenvalue weighted by molar-refractivity contribution is 6.05. The Morgan fingerprint density at radius 2 is 1.63 bits per heavy atom. The fraction of sp³-hybridized carbons (Fsp3) is 0. The second kappa shape index (κ2) is 3.99. The smallest absolute Gasteiger partial charge is 0.136 e. The van der Waals surface area contributed by atoms with Gasteiger partial charge >= 0.3 is 0 Å². The molecule has 0 bridgehead atoms. The van der Waals surface area contributed by atoms with Gasteiger partial charge in [-0.1, -0.05) is 42.5 Å². The Kier molecular flexibility index (Phi) is 2.18. The minimum absolute atomic E-state index is 0.916. The van der Waals surface area contributed by atoms with E-state index in [-0.39, 0.29) is 0 Å². The van der Waals surface area contributed by atoms with Crippen LogP contribution >= 0.6 is 0 Å². The molecule has 1 radical (unpaired) electrons. The summed E-state index contributed by atoms with van der Waals surface area (Å²) in [5.41, 5.74) is 4.22. The van der Waals surface area contributed by atoms with Gasteiger partial charge in [-0.2, -0.15) is 0 Å². The van der Waals surface area contributed by atoms with Crippen LogP contribution in [0.2, 0.25) is 0 Å². The monoisotopic (exact) mass is 243 g/mol. The zero-order valence-electron chi connectivity index (χ0n) is 10.3. The van der Waals surface area contributed by atoms with E-state index in [1.165, 1.54) is 11.1 Å². The molecule has 1 heterocycles. The van der Waals surface area contributed by atoms with Gasteiger partial charge in [-0.15, -0.1) is 0 Å². The van der Waals surface area contributed by atoms with E-state index in [0.29, 0.717) is 0 Å². The fourth-order valence-electron chi connectivity index (χ4n) is 2.47. The van der Waals surface area contributed by atoms with Gasteiger partial charge in [0.1, 0.15) is 11.2 Å². The Bertz CT molecular complexity index is 857. The lowest BCUT2D eigenvalue weighted by molar-refractivity contribution is 0.669. The van der Waals surface area contributed by atoms with E-state index >= 15 is 0 Å². The SMILES string of the molecule is [c]1ccc2oc3cc(-c4ccccc4)ccc3c2c1. The number of hydrogen-bond donors (Lipinski definition) is 0. The van der Waals surface area contributed by atoms with E-state index < -0.39 is 0 Å². The number of fused-ring (bicyclic) bond motifs is 3. The van der Waals surface area contributed by atoms with Crippen molar-refractivity contribution in [2.24, 2.45) is 0 Å². The van der Waals surface area contributed by atoms with Crippen LogP contribution in [0.25, 0.3) is 33.1 Å². The summed E-state index contributed by atoms with van der Waals surface area (Å²) in [5, 5.41) is 2.27. The summed E-state index contributed by atoms with van der Waals surface area (Å²) in [6, 6.07) is 25.6. The molecule has 0 N–H and O–H groups in total. The largest absolute Gasteiger partial charge is 0.456 e. The van der Waals surface area contributed by atoms with Gasteiger partial charge in [0.25, 0.3) is 0 Å². The maximum atomic E-state index is 5.89. The van der Waals surface area contributed by atoms with Crippen LogP contribution in [0.1, 0.15) is 0 Å². The molecular weight excluding hydrogens is 232 g/mol. The molecule has 1 aromatic heterocycles. The van der Waals surface area contributed by atoms with Crippen LogP contribution in [-0.4, -0.2) is 0 Å². The second-order valence-corrected chi connectivity index (χ2v) is 4.60. The van der Waals surface area contributed by atoms with Crippen molar-refractivity contribution in [2.75, 3.05) is 0 Å². The first kappa shape index (κ1) is 10.4. The first-order valence-electron chi connectivity index (χ1n) is 6.29. The van der Waals surface area contributed by atoms with E-state index in [1.807, 2.05) is 36.4 Å². The minimum Gasteiger partial charge on any atom is -0.456 e. The van der Waals surface area contributed by atoms with Gasteiger partial charge in [-0.3, -0.25) is 0 Å². The maximum Gasteiger partial charge on any atom is 0.136 e. The van der Waals surface area contributed by atoms with Crippen molar-refractivity contribution in [3.05, 3.63) is 72.8 Å². The minimum atomic E-state index is 0.916. The zero-order chi connectivity index (χ0) is 12.7. The van der Waals surface area contributed by atoms with Crippen LogP contribution in [0.3, 0.4) is 0 Å². The van der Waals surface area contributed by atoms with Crippen LogP contribution < -0.4 is 0 Å². The number of furan rings is 1. The number of benzene rings is 3. The summed E-state index contributed by atoms with van der Waals surface area (Å²) in [6.45, 7) is 0. The molecule has 0 amide bonds. The summed E-state index contributed by atoms with van der Waals surface area (Å²) in [7, 11) is 0. The molecule has 0 atom stereocenters. The molecule has 1 heteroatoms. The highest BCUT2D eigenvalue weighted by atomic mass is 16.3. The van der Waals surface area contributed by atoms with E-state index in [9.17, 15) is 0 Å². The predicted molar refractivity (Wildman–Crippen MR) is 78.0 cm³/mol. The van der Waals surface area contributed by atoms with Gasteiger partial charge in [0.2, 0.25) is 0 Å². The van der Waals surface area contributed by atoms with Crippen LogP contribution in [-0.2, 0) is 0 Å². The van der Waals surface area contributed by atoms with Gasteiger partial charge in [0.05, 0.1) is 0 Å². The van der Waals surface area contributed by atoms with Crippen molar-refractivity contribution >= 4 is 21.9 Å². The van der Waals surface area contributed by atoms with Gasteiger partial charge < -0.3 is 4.42 Å². The van der Waals surface area contributed by atoms with Crippen molar-refractivity contribution in [2.45, 2.75) is 0 Å². The summed E-state index contributed by atoms with van der Waals surface area (Å²) >= 11 is 0. The Hall–Kier alpha value is -2.54. The first-order valence-corrected chi connectivity index (χ1v) is 6.29. The lowest BCUT2D eigenvalue weighted by Crippen LogP contribution is -1.76. The Morgan fingerprint density at radius 3 is 2.53 bits per heavy atom. The number of hydrogen-bond acceptors (Lipinski definition) is 1. The van der Waals surface area contributed by atoms with Crippen LogP contribution in [0.15, 0.2) is 71.1 Å². The third-order valence-corrected chi connectivity index (χ3v) is 3.42. The molecule has 0 spiro atoms. The molecule has 0 unspecified atom stereocenters. The highest BCUT2D eigenvalue weighted by Crippen LogP contribution is 2.31. The predicted octanol–water partition coefficient (Wildman–Crippen LogP) is 5.05. The van der Waals surface area contributed by atoms with Crippen LogP contribution in [0.5, 0.6) is 0 Å². The summed E-state index contributed by atoms with van der Waals surface area (Å²) in [6.07, 6.45) is 0. The standard InChI is InChI=1S/C18H11O/c1-2-6-13(7-3-1)14-10-11-16-15-8-4-5-9-17(15)19-18(16)12-14/h1-3,5-12H. The normalized spacial score (nSPS) is 11.2. The summed E-state index contributed by atoms with van der Waals surface area (Å²) < 4.78 is 5.89. The van der Waals surface area contributed by atoms with Crippen molar-refractivity contribution in [3.8, 4) is 11.1 Å². The Balaban J connectivity index is 1.99. The second-order valence-electron chi connectivity index (χ2n) is 4.60. The molecule has 3 aromatic carbocycles. The lowest BCUT2D eigenvalue weighted by atomic mass is 10.0. The fourth-order valence-corrected chi connectivity index (χ4v) is 2.47. The van der Waals surface area contributed by atoms with Gasteiger partial charge in [0.15, 0.2) is 0 Å². The molecule has 0 fully saturated rings. The van der Waals surface area contributed by atoms with Crippen molar-refractivity contribution in [1.29, 1.82) is 0 Å². The first-order chi connectivity index (χ1) is 9.42. The van der Waals surface area contributed by atoms with E-state index in [1.54, 1.807) is 0 Å². The Labute approximate surface area is 111 Å². The highest BCUT2D eigenvalue weighted by Gasteiger charge is 2.07. The molecule has 4 aromatic rings. The van der Waals surface area contributed by atoms with E-state index in [2.05, 4.69) is 36.4 Å². The van der Waals surface area contributed by atoms with Crippen LogP contribution in [0.4, 0.5) is 0 Å². The number of rotatable bonds is 1. The average molecular weight is 243 g/mol.